The molecule has 1 atom stereocenters. The fourth-order valence-corrected chi connectivity index (χ4v) is 1.86. The lowest BCUT2D eigenvalue weighted by atomic mass is 10.0. The Labute approximate surface area is 96.6 Å². The van der Waals surface area contributed by atoms with Crippen LogP contribution in [0.1, 0.15) is 16.8 Å². The van der Waals surface area contributed by atoms with Crippen molar-refractivity contribution in [3.63, 3.8) is 0 Å². The summed E-state index contributed by atoms with van der Waals surface area (Å²) >= 11 is 0. The zero-order valence-corrected chi connectivity index (χ0v) is 8.89. The van der Waals surface area contributed by atoms with Crippen LogP contribution in [0.15, 0.2) is 12.1 Å². The molecular weight excluding hydrogens is 227 g/mol. The van der Waals surface area contributed by atoms with Gasteiger partial charge in [-0.25, -0.2) is 4.39 Å². The number of anilines is 1. The van der Waals surface area contributed by atoms with Gasteiger partial charge in [-0.1, -0.05) is 0 Å². The molecule has 1 aliphatic rings. The molecule has 1 saturated heterocycles. The normalized spacial score (nSPS) is 18.6. The Morgan fingerprint density at radius 3 is 2.71 bits per heavy atom. The van der Waals surface area contributed by atoms with Crippen molar-refractivity contribution < 1.29 is 19.1 Å². The molecule has 0 aromatic heterocycles. The summed E-state index contributed by atoms with van der Waals surface area (Å²) in [6.07, 6.45) is 0.850. The maximum atomic E-state index is 13.4. The Morgan fingerprint density at radius 1 is 1.59 bits per heavy atom. The number of hydrogen-bond acceptors (Lipinski definition) is 4. The maximum Gasteiger partial charge on any atom is 0.240 e. The van der Waals surface area contributed by atoms with Gasteiger partial charge < -0.3 is 15.7 Å². The molecule has 90 valence electrons. The van der Waals surface area contributed by atoms with E-state index in [0.717, 1.165) is 6.07 Å². The Bertz CT molecular complexity index is 467. The second-order valence-corrected chi connectivity index (χ2v) is 3.88. The van der Waals surface area contributed by atoms with E-state index in [2.05, 4.69) is 0 Å². The first-order valence-corrected chi connectivity index (χ1v) is 5.08. The van der Waals surface area contributed by atoms with E-state index < -0.39 is 23.5 Å². The summed E-state index contributed by atoms with van der Waals surface area (Å²) in [5.41, 5.74) is 5.13. The number of carbonyl (C=O) groups excluding carboxylic acids is 2. The van der Waals surface area contributed by atoms with E-state index in [1.807, 2.05) is 0 Å². The first-order chi connectivity index (χ1) is 8.04. The van der Waals surface area contributed by atoms with Crippen LogP contribution in [0.4, 0.5) is 10.1 Å². The zero-order valence-electron chi connectivity index (χ0n) is 8.89. The number of carbonyl (C=O) groups is 2. The Kier molecular flexibility index (Phi) is 2.71. The minimum atomic E-state index is -0.815. The Hall–Kier alpha value is -2.11. The predicted octanol–water partition coefficient (Wildman–Crippen LogP) is 0.408. The average molecular weight is 238 g/mol. The SMILES string of the molecule is NC(=O)C1CCN1c1cc(O)c(C=O)c(F)c1. The van der Waals surface area contributed by atoms with Crippen LogP contribution in [-0.4, -0.2) is 29.9 Å². The lowest BCUT2D eigenvalue weighted by molar-refractivity contribution is -0.120. The van der Waals surface area contributed by atoms with Crippen molar-refractivity contribution in [3.8, 4) is 5.75 Å². The lowest BCUT2D eigenvalue weighted by Crippen LogP contribution is -2.55. The van der Waals surface area contributed by atoms with Gasteiger partial charge in [0, 0.05) is 18.3 Å². The van der Waals surface area contributed by atoms with Crippen molar-refractivity contribution in [1.82, 2.24) is 0 Å². The number of amides is 1. The molecule has 1 amide bonds. The predicted molar refractivity (Wildman–Crippen MR) is 58.4 cm³/mol. The number of rotatable bonds is 3. The molecule has 17 heavy (non-hydrogen) atoms. The lowest BCUT2D eigenvalue weighted by Gasteiger charge is -2.40. The van der Waals surface area contributed by atoms with Crippen molar-refractivity contribution in [3.05, 3.63) is 23.5 Å². The van der Waals surface area contributed by atoms with Crippen LogP contribution in [0.5, 0.6) is 5.75 Å². The zero-order chi connectivity index (χ0) is 12.6. The second kappa shape index (κ2) is 4.04. The molecule has 1 heterocycles. The van der Waals surface area contributed by atoms with Crippen LogP contribution in [-0.2, 0) is 4.79 Å². The number of hydrogen-bond donors (Lipinski definition) is 2. The third-order valence-electron chi connectivity index (χ3n) is 2.89. The molecule has 1 aromatic rings. The van der Waals surface area contributed by atoms with Crippen LogP contribution >= 0.6 is 0 Å². The van der Waals surface area contributed by atoms with Crippen LogP contribution in [0.3, 0.4) is 0 Å². The number of phenols is 1. The molecule has 1 aliphatic heterocycles. The minimum Gasteiger partial charge on any atom is -0.507 e. The summed E-state index contributed by atoms with van der Waals surface area (Å²) in [5.74, 6) is -1.74. The molecule has 6 heteroatoms. The standard InChI is InChI=1S/C11H11FN2O3/c12-8-3-6(4-10(16)7(8)5-15)14-2-1-9(14)11(13)17/h3-5,9,16H,1-2H2,(H2,13,17). The number of aromatic hydroxyl groups is 1. The van der Waals surface area contributed by atoms with Crippen LogP contribution in [0.25, 0.3) is 0 Å². The Morgan fingerprint density at radius 2 is 2.29 bits per heavy atom. The van der Waals surface area contributed by atoms with Gasteiger partial charge in [0.15, 0.2) is 6.29 Å². The first kappa shape index (κ1) is 11.4. The van der Waals surface area contributed by atoms with Crippen molar-refractivity contribution in [2.75, 3.05) is 11.4 Å². The molecule has 1 fully saturated rings. The molecule has 0 spiro atoms. The highest BCUT2D eigenvalue weighted by Crippen LogP contribution is 2.31. The fourth-order valence-electron chi connectivity index (χ4n) is 1.86. The van der Waals surface area contributed by atoms with Crippen molar-refractivity contribution in [2.24, 2.45) is 5.73 Å². The number of primary amides is 1. The highest BCUT2D eigenvalue weighted by molar-refractivity contribution is 5.86. The summed E-state index contributed by atoms with van der Waals surface area (Å²) in [4.78, 5) is 23.1. The summed E-state index contributed by atoms with van der Waals surface area (Å²) < 4.78 is 13.4. The number of benzene rings is 1. The topological polar surface area (TPSA) is 83.6 Å². The highest BCUT2D eigenvalue weighted by atomic mass is 19.1. The summed E-state index contributed by atoms with van der Waals surface area (Å²) in [5, 5.41) is 9.45. The second-order valence-electron chi connectivity index (χ2n) is 3.88. The van der Waals surface area contributed by atoms with Gasteiger partial charge in [0.2, 0.25) is 5.91 Å². The largest absolute Gasteiger partial charge is 0.507 e. The third kappa shape index (κ3) is 1.82. The summed E-state index contributed by atoms with van der Waals surface area (Å²) in [7, 11) is 0. The molecule has 0 bridgehead atoms. The summed E-state index contributed by atoms with van der Waals surface area (Å²) in [6, 6.07) is 1.89. The van der Waals surface area contributed by atoms with Gasteiger partial charge in [-0.05, 0) is 12.5 Å². The number of aldehydes is 1. The van der Waals surface area contributed by atoms with Crippen LogP contribution in [0.2, 0.25) is 0 Å². The van der Waals surface area contributed by atoms with Crippen molar-refractivity contribution in [1.29, 1.82) is 0 Å². The third-order valence-corrected chi connectivity index (χ3v) is 2.89. The van der Waals surface area contributed by atoms with Gasteiger partial charge in [0.1, 0.15) is 17.6 Å². The molecule has 1 unspecified atom stereocenters. The van der Waals surface area contributed by atoms with E-state index in [9.17, 15) is 19.1 Å². The van der Waals surface area contributed by atoms with Crippen LogP contribution in [0, 0.1) is 5.82 Å². The van der Waals surface area contributed by atoms with Crippen molar-refractivity contribution >= 4 is 17.9 Å². The highest BCUT2D eigenvalue weighted by Gasteiger charge is 2.33. The van der Waals surface area contributed by atoms with E-state index >= 15 is 0 Å². The van der Waals surface area contributed by atoms with Gasteiger partial charge in [0.25, 0.3) is 0 Å². The number of halogens is 1. The van der Waals surface area contributed by atoms with Gasteiger partial charge in [-0.3, -0.25) is 9.59 Å². The average Bonchev–Trinajstić information content (AvgIpc) is 2.14. The molecular formula is C11H11FN2O3. The minimum absolute atomic E-state index is 0.246. The number of nitrogens with zero attached hydrogens (tertiary/aromatic N) is 1. The van der Waals surface area contributed by atoms with Gasteiger partial charge in [-0.2, -0.15) is 0 Å². The number of phenolic OH excluding ortho intramolecular Hbond substituents is 1. The molecule has 0 saturated carbocycles. The van der Waals surface area contributed by atoms with Gasteiger partial charge >= 0.3 is 0 Å². The quantitative estimate of drug-likeness (QED) is 0.747. The van der Waals surface area contributed by atoms with E-state index in [1.165, 1.54) is 6.07 Å². The first-order valence-electron chi connectivity index (χ1n) is 5.08. The molecule has 0 radical (unpaired) electrons. The van der Waals surface area contributed by atoms with E-state index in [-0.39, 0.29) is 11.8 Å². The maximum absolute atomic E-state index is 13.4. The smallest absolute Gasteiger partial charge is 0.240 e. The fraction of sp³-hybridized carbons (Fsp3) is 0.273. The molecule has 0 aliphatic carbocycles. The number of nitrogens with two attached hydrogens (primary N) is 1. The van der Waals surface area contributed by atoms with E-state index in [1.54, 1.807) is 4.90 Å². The van der Waals surface area contributed by atoms with Gasteiger partial charge in [0.05, 0.1) is 5.56 Å². The van der Waals surface area contributed by atoms with Crippen LogP contribution < -0.4 is 10.6 Å². The summed E-state index contributed by atoms with van der Waals surface area (Å²) in [6.45, 7) is 0.562. The monoisotopic (exact) mass is 238 g/mol. The van der Waals surface area contributed by atoms with E-state index in [4.69, 9.17) is 5.73 Å². The molecule has 3 N–H and O–H groups in total. The van der Waals surface area contributed by atoms with Crippen molar-refractivity contribution in [2.45, 2.75) is 12.5 Å². The van der Waals surface area contributed by atoms with Gasteiger partial charge in [-0.15, -0.1) is 0 Å². The Balaban J connectivity index is 2.35. The molecule has 2 rings (SSSR count). The molecule has 1 aromatic carbocycles. The van der Waals surface area contributed by atoms with E-state index in [0.29, 0.717) is 18.7 Å². The molecule has 5 nitrogen and oxygen atoms in total.